The minimum atomic E-state index is -4.95. The van der Waals surface area contributed by atoms with Crippen LogP contribution in [-0.4, -0.2) is 38.3 Å². The Kier molecular flexibility index (Phi) is 8.62. The molecule has 14 heteroatoms. The van der Waals surface area contributed by atoms with Crippen molar-refractivity contribution in [2.75, 3.05) is 22.9 Å². The highest BCUT2D eigenvalue weighted by Gasteiger charge is 2.37. The Labute approximate surface area is 227 Å². The maximum atomic E-state index is 13.5. The van der Waals surface area contributed by atoms with E-state index in [2.05, 4.69) is 37.9 Å². The Morgan fingerprint density at radius 1 is 0.949 bits per heavy atom. The van der Waals surface area contributed by atoms with Gasteiger partial charge in [0.1, 0.15) is 5.82 Å². The van der Waals surface area contributed by atoms with E-state index in [4.69, 9.17) is 0 Å². The first-order valence-electron chi connectivity index (χ1n) is 12.5. The van der Waals surface area contributed by atoms with E-state index in [1.54, 1.807) is 12.3 Å². The van der Waals surface area contributed by atoms with E-state index in [1.165, 1.54) is 29.6 Å². The molecule has 3 aromatic rings. The Morgan fingerprint density at radius 2 is 1.59 bits per heavy atom. The van der Waals surface area contributed by atoms with Crippen LogP contribution in [0.15, 0.2) is 35.4 Å². The summed E-state index contributed by atoms with van der Waals surface area (Å²) < 4.78 is 81.0. The molecule has 0 bridgehead atoms. The molecule has 0 amide bonds. The first kappa shape index (κ1) is 29.0. The number of anilines is 2. The van der Waals surface area contributed by atoms with Crippen molar-refractivity contribution in [2.45, 2.75) is 62.9 Å². The van der Waals surface area contributed by atoms with E-state index in [0.29, 0.717) is 40.9 Å². The SMILES string of the molecule is CCN(CC1CCCC1)c1ncc(S)cc1CN(Cc1cc(C(F)(F)F)cc(C(F)(F)F)c1)c1nnn(C)n1. The second kappa shape index (κ2) is 11.6. The van der Waals surface area contributed by atoms with Gasteiger partial charge in [0, 0.05) is 36.3 Å². The number of alkyl halides is 6. The lowest BCUT2D eigenvalue weighted by Crippen LogP contribution is -2.32. The predicted molar refractivity (Wildman–Crippen MR) is 136 cm³/mol. The average molecular weight is 574 g/mol. The maximum Gasteiger partial charge on any atom is 0.416 e. The van der Waals surface area contributed by atoms with Crippen LogP contribution in [0, 0.1) is 5.92 Å². The van der Waals surface area contributed by atoms with Gasteiger partial charge in [0.15, 0.2) is 0 Å². The molecule has 1 aliphatic carbocycles. The molecule has 1 saturated carbocycles. The van der Waals surface area contributed by atoms with Gasteiger partial charge < -0.3 is 9.80 Å². The zero-order valence-electron chi connectivity index (χ0n) is 21.5. The molecule has 0 saturated heterocycles. The molecule has 4 rings (SSSR count). The van der Waals surface area contributed by atoms with Crippen molar-refractivity contribution in [3.63, 3.8) is 0 Å². The minimum Gasteiger partial charge on any atom is -0.356 e. The fraction of sp³-hybridized carbons (Fsp3) is 0.520. The molecule has 2 aromatic heterocycles. The van der Waals surface area contributed by atoms with Crippen LogP contribution in [0.2, 0.25) is 0 Å². The van der Waals surface area contributed by atoms with Gasteiger partial charge in [-0.2, -0.15) is 31.1 Å². The molecule has 2 heterocycles. The molecule has 0 unspecified atom stereocenters. The number of hydrogen-bond acceptors (Lipinski definition) is 7. The van der Waals surface area contributed by atoms with Gasteiger partial charge in [0.2, 0.25) is 0 Å². The molecular formula is C25H29F6N7S. The van der Waals surface area contributed by atoms with Gasteiger partial charge in [-0.05, 0) is 60.7 Å². The normalized spacial score (nSPS) is 14.7. The third-order valence-corrected chi connectivity index (χ3v) is 6.97. The highest BCUT2D eigenvalue weighted by Crippen LogP contribution is 2.37. The van der Waals surface area contributed by atoms with Crippen LogP contribution in [0.25, 0.3) is 0 Å². The summed E-state index contributed by atoms with van der Waals surface area (Å²) in [7, 11) is 1.52. The Balaban J connectivity index is 1.72. The van der Waals surface area contributed by atoms with E-state index >= 15 is 0 Å². The average Bonchev–Trinajstić information content (AvgIpc) is 3.53. The van der Waals surface area contributed by atoms with E-state index in [9.17, 15) is 26.3 Å². The van der Waals surface area contributed by atoms with E-state index < -0.39 is 23.5 Å². The van der Waals surface area contributed by atoms with Crippen molar-refractivity contribution in [3.8, 4) is 0 Å². The van der Waals surface area contributed by atoms with Gasteiger partial charge in [0.05, 0.1) is 24.7 Å². The monoisotopic (exact) mass is 573 g/mol. The van der Waals surface area contributed by atoms with Crippen molar-refractivity contribution >= 4 is 24.4 Å². The molecule has 212 valence electrons. The Bertz CT molecular complexity index is 1240. The summed E-state index contributed by atoms with van der Waals surface area (Å²) in [6.45, 7) is 3.21. The lowest BCUT2D eigenvalue weighted by Gasteiger charge is -2.29. The number of aromatic nitrogens is 5. The van der Waals surface area contributed by atoms with Crippen LogP contribution in [0.1, 0.15) is 54.9 Å². The van der Waals surface area contributed by atoms with Crippen LogP contribution in [0.5, 0.6) is 0 Å². The van der Waals surface area contributed by atoms with E-state index in [1.807, 2.05) is 6.92 Å². The second-order valence-electron chi connectivity index (χ2n) is 9.71. The van der Waals surface area contributed by atoms with Crippen molar-refractivity contribution in [1.82, 2.24) is 25.2 Å². The van der Waals surface area contributed by atoms with Crippen molar-refractivity contribution < 1.29 is 26.3 Å². The Hall–Kier alpha value is -3.03. The first-order valence-corrected chi connectivity index (χ1v) is 13.0. The minimum absolute atomic E-state index is 0.0535. The van der Waals surface area contributed by atoms with Crippen molar-refractivity contribution in [2.24, 2.45) is 13.0 Å². The molecule has 1 aliphatic rings. The number of rotatable bonds is 9. The number of halogens is 6. The number of hydrogen-bond donors (Lipinski definition) is 1. The first-order chi connectivity index (χ1) is 18.3. The predicted octanol–water partition coefficient (Wildman–Crippen LogP) is 6.15. The quantitative estimate of drug-likeness (QED) is 0.245. The zero-order valence-corrected chi connectivity index (χ0v) is 22.4. The van der Waals surface area contributed by atoms with Crippen LogP contribution in [0.3, 0.4) is 0 Å². The highest BCUT2D eigenvalue weighted by atomic mass is 32.1. The fourth-order valence-corrected chi connectivity index (χ4v) is 5.11. The van der Waals surface area contributed by atoms with E-state index in [0.717, 1.165) is 19.4 Å². The third-order valence-electron chi connectivity index (χ3n) is 6.73. The summed E-state index contributed by atoms with van der Waals surface area (Å²) in [6, 6.07) is 3.33. The summed E-state index contributed by atoms with van der Waals surface area (Å²) in [5, 5.41) is 12.0. The maximum absolute atomic E-state index is 13.5. The summed E-state index contributed by atoms with van der Waals surface area (Å²) in [4.78, 5) is 9.97. The molecule has 0 N–H and O–H groups in total. The smallest absolute Gasteiger partial charge is 0.356 e. The molecular weight excluding hydrogens is 544 g/mol. The third kappa shape index (κ3) is 7.34. The lowest BCUT2D eigenvalue weighted by molar-refractivity contribution is -0.143. The summed E-state index contributed by atoms with van der Waals surface area (Å²) in [5.74, 6) is 1.26. The largest absolute Gasteiger partial charge is 0.416 e. The highest BCUT2D eigenvalue weighted by molar-refractivity contribution is 7.80. The van der Waals surface area contributed by atoms with Crippen LogP contribution in [-0.2, 0) is 32.5 Å². The zero-order chi connectivity index (χ0) is 28.4. The molecule has 0 radical (unpaired) electrons. The number of pyridine rings is 1. The van der Waals surface area contributed by atoms with Gasteiger partial charge in [-0.1, -0.05) is 17.9 Å². The number of benzene rings is 1. The summed E-state index contributed by atoms with van der Waals surface area (Å²) >= 11 is 4.42. The van der Waals surface area contributed by atoms with Gasteiger partial charge in [-0.3, -0.25) is 0 Å². The lowest BCUT2D eigenvalue weighted by atomic mass is 10.0. The van der Waals surface area contributed by atoms with Crippen molar-refractivity contribution in [3.05, 3.63) is 52.7 Å². The Morgan fingerprint density at radius 3 is 2.13 bits per heavy atom. The van der Waals surface area contributed by atoms with Crippen LogP contribution < -0.4 is 9.80 Å². The van der Waals surface area contributed by atoms with Crippen LogP contribution in [0.4, 0.5) is 38.1 Å². The molecule has 7 nitrogen and oxygen atoms in total. The number of thiol groups is 1. The standard InChI is InChI=1S/C25H29F6N7S/c1-3-37(13-16-6-4-5-7-16)22-18(10-21(39)12-32-22)15-38(23-33-35-36(2)34-23)14-17-8-19(24(26,27)28)11-20(9-17)25(29,30)31/h8-12,16,39H,3-7,13-15H2,1-2H3. The molecule has 39 heavy (non-hydrogen) atoms. The molecule has 0 atom stereocenters. The second-order valence-corrected chi connectivity index (χ2v) is 10.2. The summed E-state index contributed by atoms with van der Waals surface area (Å²) in [6.07, 6.45) is -3.67. The summed E-state index contributed by atoms with van der Waals surface area (Å²) in [5.41, 5.74) is -2.27. The molecule has 1 aromatic carbocycles. The molecule has 0 aliphatic heterocycles. The van der Waals surface area contributed by atoms with Gasteiger partial charge >= 0.3 is 12.4 Å². The number of tetrazole rings is 1. The number of aryl methyl sites for hydroxylation is 1. The van der Waals surface area contributed by atoms with Crippen molar-refractivity contribution in [1.29, 1.82) is 0 Å². The molecule has 0 spiro atoms. The topological polar surface area (TPSA) is 63.0 Å². The molecule has 1 fully saturated rings. The fourth-order valence-electron chi connectivity index (χ4n) is 4.90. The number of nitrogens with zero attached hydrogens (tertiary/aromatic N) is 7. The van der Waals surface area contributed by atoms with Gasteiger partial charge in [-0.15, -0.1) is 17.7 Å². The van der Waals surface area contributed by atoms with Crippen LogP contribution >= 0.6 is 12.6 Å². The van der Waals surface area contributed by atoms with Gasteiger partial charge in [0.25, 0.3) is 5.95 Å². The van der Waals surface area contributed by atoms with E-state index in [-0.39, 0.29) is 30.7 Å². The van der Waals surface area contributed by atoms with Gasteiger partial charge in [-0.25, -0.2) is 4.98 Å².